The van der Waals surface area contributed by atoms with Crippen LogP contribution in [-0.4, -0.2) is 29.4 Å². The zero-order chi connectivity index (χ0) is 13.8. The predicted molar refractivity (Wildman–Crippen MR) is 78.7 cm³/mol. The summed E-state index contributed by atoms with van der Waals surface area (Å²) in [5.74, 6) is 1.78. The third-order valence-corrected chi connectivity index (χ3v) is 4.98. The molecule has 1 saturated heterocycles. The first-order valence-electron chi connectivity index (χ1n) is 8.13. The van der Waals surface area contributed by atoms with Crippen LogP contribution in [0.1, 0.15) is 65.2 Å². The Bertz CT molecular complexity index is 303. The quantitative estimate of drug-likeness (QED) is 0.853. The number of carbonyl (C=O) groups excluding carboxylic acids is 1. The molecule has 2 fully saturated rings. The monoisotopic (exact) mass is 266 g/mol. The molecule has 1 saturated carbocycles. The number of nitrogens with two attached hydrogens (primary N) is 1. The molecule has 1 aliphatic carbocycles. The fourth-order valence-electron chi connectivity index (χ4n) is 3.92. The maximum Gasteiger partial charge on any atom is 0.223 e. The first-order chi connectivity index (χ1) is 9.08. The van der Waals surface area contributed by atoms with E-state index in [4.69, 9.17) is 5.73 Å². The number of carbonyl (C=O) groups is 1. The normalized spacial score (nSPS) is 34.1. The molecule has 2 aliphatic rings. The second-order valence-electron chi connectivity index (χ2n) is 6.85. The maximum absolute atomic E-state index is 12.6. The van der Waals surface area contributed by atoms with Crippen molar-refractivity contribution in [3.8, 4) is 0 Å². The number of nitrogens with zero attached hydrogens (tertiary/aromatic N) is 1. The minimum absolute atomic E-state index is 0.106. The Balaban J connectivity index is 1.90. The van der Waals surface area contributed by atoms with E-state index in [1.807, 2.05) is 6.92 Å². The largest absolute Gasteiger partial charge is 0.338 e. The van der Waals surface area contributed by atoms with Gasteiger partial charge in [0.05, 0.1) is 0 Å². The van der Waals surface area contributed by atoms with E-state index < -0.39 is 0 Å². The standard InChI is InChI=1S/C16H30N2O/c1-12-6-5-7-14(10-12)11-16(19)18-9-4-3-8-15(18)13(2)17/h12-15H,3-11,17H2,1-2H3. The Kier molecular flexibility index (Phi) is 5.26. The number of hydrogen-bond acceptors (Lipinski definition) is 2. The van der Waals surface area contributed by atoms with Crippen molar-refractivity contribution < 1.29 is 4.79 Å². The van der Waals surface area contributed by atoms with Crippen molar-refractivity contribution in [2.75, 3.05) is 6.54 Å². The Hall–Kier alpha value is -0.570. The molecule has 0 aromatic rings. The van der Waals surface area contributed by atoms with Gasteiger partial charge >= 0.3 is 0 Å². The lowest BCUT2D eigenvalue weighted by molar-refractivity contribution is -0.136. The van der Waals surface area contributed by atoms with Gasteiger partial charge < -0.3 is 10.6 Å². The third-order valence-electron chi connectivity index (χ3n) is 4.98. The average molecular weight is 266 g/mol. The molecular formula is C16H30N2O. The molecule has 4 atom stereocenters. The molecule has 3 nitrogen and oxygen atoms in total. The van der Waals surface area contributed by atoms with Crippen molar-refractivity contribution >= 4 is 5.91 Å². The molecule has 3 heteroatoms. The van der Waals surface area contributed by atoms with E-state index in [1.54, 1.807) is 0 Å². The zero-order valence-electron chi connectivity index (χ0n) is 12.6. The van der Waals surface area contributed by atoms with Gasteiger partial charge in [0, 0.05) is 25.0 Å². The number of amides is 1. The minimum Gasteiger partial charge on any atom is -0.338 e. The lowest BCUT2D eigenvalue weighted by atomic mass is 9.80. The van der Waals surface area contributed by atoms with E-state index in [0.29, 0.717) is 11.8 Å². The molecule has 1 aliphatic heterocycles. The van der Waals surface area contributed by atoms with Crippen LogP contribution in [0.5, 0.6) is 0 Å². The average Bonchev–Trinajstić information content (AvgIpc) is 2.38. The molecule has 2 N–H and O–H groups in total. The van der Waals surface area contributed by atoms with Crippen LogP contribution in [0.15, 0.2) is 0 Å². The summed E-state index contributed by atoms with van der Waals surface area (Å²) in [5.41, 5.74) is 6.06. The van der Waals surface area contributed by atoms with Gasteiger partial charge in [0.25, 0.3) is 0 Å². The summed E-state index contributed by atoms with van der Waals surface area (Å²) in [6.45, 7) is 5.29. The van der Waals surface area contributed by atoms with Gasteiger partial charge in [-0.1, -0.05) is 19.8 Å². The SMILES string of the molecule is CC1CCCC(CC(=O)N2CCCCC2C(C)N)C1. The van der Waals surface area contributed by atoms with Crippen molar-refractivity contribution in [1.82, 2.24) is 4.90 Å². The van der Waals surface area contributed by atoms with Crippen molar-refractivity contribution in [1.29, 1.82) is 0 Å². The molecule has 1 heterocycles. The van der Waals surface area contributed by atoms with Crippen LogP contribution in [0.2, 0.25) is 0 Å². The van der Waals surface area contributed by atoms with Gasteiger partial charge in [-0.05, 0) is 50.9 Å². The van der Waals surface area contributed by atoms with E-state index in [9.17, 15) is 4.79 Å². The highest BCUT2D eigenvalue weighted by Crippen LogP contribution is 2.32. The predicted octanol–water partition coefficient (Wildman–Crippen LogP) is 2.93. The minimum atomic E-state index is 0.106. The lowest BCUT2D eigenvalue weighted by Crippen LogP contribution is -2.52. The van der Waals surface area contributed by atoms with Gasteiger partial charge in [-0.3, -0.25) is 4.79 Å². The van der Waals surface area contributed by atoms with Crippen molar-refractivity contribution in [2.45, 2.75) is 77.3 Å². The summed E-state index contributed by atoms with van der Waals surface area (Å²) >= 11 is 0. The summed E-state index contributed by atoms with van der Waals surface area (Å²) in [6, 6.07) is 0.386. The van der Waals surface area contributed by atoms with Gasteiger partial charge in [0.2, 0.25) is 5.91 Å². The van der Waals surface area contributed by atoms with E-state index >= 15 is 0 Å². The van der Waals surface area contributed by atoms with Gasteiger partial charge in [-0.25, -0.2) is 0 Å². The van der Waals surface area contributed by atoms with Gasteiger partial charge in [-0.2, -0.15) is 0 Å². The molecule has 1 amide bonds. The Morgan fingerprint density at radius 1 is 1.26 bits per heavy atom. The number of piperidine rings is 1. The number of likely N-dealkylation sites (tertiary alicyclic amines) is 1. The maximum atomic E-state index is 12.6. The molecule has 4 unspecified atom stereocenters. The Labute approximate surface area is 117 Å². The summed E-state index contributed by atoms with van der Waals surface area (Å²) in [5, 5.41) is 0. The van der Waals surface area contributed by atoms with Gasteiger partial charge in [0.1, 0.15) is 0 Å². The van der Waals surface area contributed by atoms with Crippen LogP contribution in [0.3, 0.4) is 0 Å². The molecular weight excluding hydrogens is 236 g/mol. The molecule has 19 heavy (non-hydrogen) atoms. The first-order valence-corrected chi connectivity index (χ1v) is 8.13. The number of hydrogen-bond donors (Lipinski definition) is 1. The molecule has 110 valence electrons. The molecule has 0 aromatic carbocycles. The smallest absolute Gasteiger partial charge is 0.223 e. The van der Waals surface area contributed by atoms with Crippen LogP contribution in [-0.2, 0) is 4.79 Å². The molecule has 0 aromatic heterocycles. The molecule has 0 bridgehead atoms. The van der Waals surface area contributed by atoms with E-state index in [1.165, 1.54) is 32.1 Å². The summed E-state index contributed by atoms with van der Waals surface area (Å²) in [4.78, 5) is 14.6. The first kappa shape index (κ1) is 14.8. The second-order valence-corrected chi connectivity index (χ2v) is 6.85. The summed E-state index contributed by atoms with van der Waals surface area (Å²) in [7, 11) is 0. The van der Waals surface area contributed by atoms with Crippen LogP contribution in [0.4, 0.5) is 0 Å². The highest BCUT2D eigenvalue weighted by molar-refractivity contribution is 5.77. The zero-order valence-corrected chi connectivity index (χ0v) is 12.6. The molecule has 0 spiro atoms. The van der Waals surface area contributed by atoms with Crippen LogP contribution in [0.25, 0.3) is 0 Å². The highest BCUT2D eigenvalue weighted by Gasteiger charge is 2.31. The van der Waals surface area contributed by atoms with Crippen LogP contribution < -0.4 is 5.73 Å². The fourth-order valence-corrected chi connectivity index (χ4v) is 3.92. The number of rotatable bonds is 3. The summed E-state index contributed by atoms with van der Waals surface area (Å²) in [6.07, 6.45) is 9.34. The highest BCUT2D eigenvalue weighted by atomic mass is 16.2. The van der Waals surface area contributed by atoms with Gasteiger partial charge in [-0.15, -0.1) is 0 Å². The topological polar surface area (TPSA) is 46.3 Å². The van der Waals surface area contributed by atoms with Crippen LogP contribution in [0, 0.1) is 11.8 Å². The Morgan fingerprint density at radius 3 is 2.74 bits per heavy atom. The van der Waals surface area contributed by atoms with Crippen molar-refractivity contribution in [3.05, 3.63) is 0 Å². The van der Waals surface area contributed by atoms with Crippen molar-refractivity contribution in [2.24, 2.45) is 17.6 Å². The lowest BCUT2D eigenvalue weighted by Gasteiger charge is -2.39. The van der Waals surface area contributed by atoms with Gasteiger partial charge in [0.15, 0.2) is 0 Å². The van der Waals surface area contributed by atoms with Crippen LogP contribution >= 0.6 is 0 Å². The summed E-state index contributed by atoms with van der Waals surface area (Å²) < 4.78 is 0. The third kappa shape index (κ3) is 3.95. The van der Waals surface area contributed by atoms with Crippen molar-refractivity contribution in [3.63, 3.8) is 0 Å². The van der Waals surface area contributed by atoms with E-state index in [-0.39, 0.29) is 12.1 Å². The molecule has 2 rings (SSSR count). The fraction of sp³-hybridized carbons (Fsp3) is 0.938. The second kappa shape index (κ2) is 6.74. The van der Waals surface area contributed by atoms with E-state index in [0.717, 1.165) is 31.7 Å². The van der Waals surface area contributed by atoms with E-state index in [2.05, 4.69) is 11.8 Å². The molecule has 0 radical (unpaired) electrons. The Morgan fingerprint density at radius 2 is 2.05 bits per heavy atom.